The SMILES string of the molecule is Cc1ccc(-n2cc(C3=C([O-])/C(=C\C4=[N+](C)c5ccc6ccccc6c5C4(C)C)C3=O)c3ccccc32)cc1. The Hall–Kier alpha value is -4.70. The zero-order chi connectivity index (χ0) is 27.1. The maximum atomic E-state index is 13.6. The first-order chi connectivity index (χ1) is 18.8. The molecule has 0 atom stereocenters. The third-order valence-corrected chi connectivity index (χ3v) is 8.41. The van der Waals surface area contributed by atoms with Crippen LogP contribution in [-0.2, 0) is 10.2 Å². The quantitative estimate of drug-likeness (QED) is 0.210. The lowest BCUT2D eigenvalue weighted by molar-refractivity contribution is -0.401. The first-order valence-corrected chi connectivity index (χ1v) is 13.3. The molecule has 4 heteroatoms. The molecule has 1 aliphatic heterocycles. The third kappa shape index (κ3) is 3.24. The number of rotatable bonds is 3. The zero-order valence-electron chi connectivity index (χ0n) is 22.4. The molecule has 0 saturated heterocycles. The Kier molecular flexibility index (Phi) is 4.89. The van der Waals surface area contributed by atoms with Crippen molar-refractivity contribution in [3.63, 3.8) is 0 Å². The number of allylic oxidation sites excluding steroid dienone is 3. The number of hydrogen-bond donors (Lipinski definition) is 0. The molecule has 0 N–H and O–H groups in total. The van der Waals surface area contributed by atoms with Crippen molar-refractivity contribution >= 4 is 44.4 Å². The molecule has 0 fully saturated rings. The molecule has 7 rings (SSSR count). The van der Waals surface area contributed by atoms with Crippen LogP contribution in [0.3, 0.4) is 0 Å². The molecular weight excluding hydrogens is 480 g/mol. The number of aryl methyl sites for hydroxylation is 1. The molecular formula is C35H28N2O2. The van der Waals surface area contributed by atoms with Crippen molar-refractivity contribution in [3.05, 3.63) is 125 Å². The van der Waals surface area contributed by atoms with Gasteiger partial charge in [-0.1, -0.05) is 65.9 Å². The highest BCUT2D eigenvalue weighted by Crippen LogP contribution is 2.45. The lowest BCUT2D eigenvalue weighted by atomic mass is 9.76. The minimum atomic E-state index is -0.365. The molecule has 0 saturated carbocycles. The Bertz CT molecular complexity index is 1960. The van der Waals surface area contributed by atoms with E-state index in [1.165, 1.54) is 21.9 Å². The van der Waals surface area contributed by atoms with Crippen LogP contribution in [0.25, 0.3) is 32.9 Å². The molecule has 4 aromatic carbocycles. The van der Waals surface area contributed by atoms with Crippen molar-refractivity contribution < 1.29 is 14.5 Å². The second-order valence-electron chi connectivity index (χ2n) is 11.1. The molecule has 4 nitrogen and oxygen atoms in total. The van der Waals surface area contributed by atoms with E-state index in [9.17, 15) is 9.90 Å². The standard InChI is InChI=1S/C35H28N2O2/c1-21-13-16-23(17-14-21)37-20-27(25-11-7-8-12-28(25)37)31-33(38)26(34(31)39)19-30-35(2,3)32-24-10-6-5-9-22(24)15-18-29(32)36(30)4/h5-20H,1-4H3. The second kappa shape index (κ2) is 8.15. The Morgan fingerprint density at radius 3 is 2.31 bits per heavy atom. The lowest BCUT2D eigenvalue weighted by Gasteiger charge is -2.30. The minimum absolute atomic E-state index is 0.190. The number of Topliss-reactive ketones (excluding diaryl/α,β-unsaturated/α-hetero) is 1. The van der Waals surface area contributed by atoms with Crippen LogP contribution in [0.1, 0.15) is 30.5 Å². The van der Waals surface area contributed by atoms with Crippen molar-refractivity contribution in [2.75, 3.05) is 7.05 Å². The van der Waals surface area contributed by atoms with Crippen LogP contribution in [0.2, 0.25) is 0 Å². The lowest BCUT2D eigenvalue weighted by Crippen LogP contribution is -2.33. The number of nitrogens with zero attached hydrogens (tertiary/aromatic N) is 2. The van der Waals surface area contributed by atoms with Crippen LogP contribution in [0.5, 0.6) is 0 Å². The molecule has 1 aromatic heterocycles. The molecule has 0 bridgehead atoms. The van der Waals surface area contributed by atoms with Gasteiger partial charge in [-0.3, -0.25) is 4.79 Å². The summed E-state index contributed by atoms with van der Waals surface area (Å²) in [4.78, 5) is 13.6. The van der Waals surface area contributed by atoms with Crippen LogP contribution < -0.4 is 5.11 Å². The Morgan fingerprint density at radius 2 is 1.56 bits per heavy atom. The number of hydrogen-bond acceptors (Lipinski definition) is 2. The number of fused-ring (bicyclic) bond motifs is 4. The maximum Gasteiger partial charge on any atom is 0.210 e. The molecule has 39 heavy (non-hydrogen) atoms. The van der Waals surface area contributed by atoms with E-state index >= 15 is 0 Å². The number of para-hydroxylation sites is 1. The van der Waals surface area contributed by atoms with Gasteiger partial charge in [-0.05, 0) is 55.8 Å². The summed E-state index contributed by atoms with van der Waals surface area (Å²) in [5.41, 5.74) is 7.27. The van der Waals surface area contributed by atoms with Crippen LogP contribution in [0.4, 0.5) is 5.69 Å². The fourth-order valence-corrected chi connectivity index (χ4v) is 6.37. The fraction of sp³-hybridized carbons (Fsp3) is 0.143. The molecule has 0 spiro atoms. The molecule has 190 valence electrons. The van der Waals surface area contributed by atoms with Gasteiger partial charge in [0.05, 0.1) is 10.9 Å². The minimum Gasteiger partial charge on any atom is -0.871 e. The summed E-state index contributed by atoms with van der Waals surface area (Å²) in [5.74, 6) is -0.381. The first kappa shape index (κ1) is 23.4. The van der Waals surface area contributed by atoms with Gasteiger partial charge < -0.3 is 9.67 Å². The van der Waals surface area contributed by atoms with E-state index in [2.05, 4.69) is 84.5 Å². The molecule has 0 radical (unpaired) electrons. The van der Waals surface area contributed by atoms with Crippen LogP contribution in [0, 0.1) is 6.92 Å². The van der Waals surface area contributed by atoms with Gasteiger partial charge in [-0.2, -0.15) is 4.58 Å². The highest BCUT2D eigenvalue weighted by atomic mass is 16.3. The molecule has 5 aromatic rings. The summed E-state index contributed by atoms with van der Waals surface area (Å²) in [6.45, 7) is 6.39. The van der Waals surface area contributed by atoms with Gasteiger partial charge in [0.2, 0.25) is 5.69 Å². The zero-order valence-corrected chi connectivity index (χ0v) is 22.4. The summed E-state index contributed by atoms with van der Waals surface area (Å²) < 4.78 is 4.18. The molecule has 0 unspecified atom stereocenters. The average Bonchev–Trinajstić information content (AvgIpc) is 3.40. The highest BCUT2D eigenvalue weighted by molar-refractivity contribution is 6.41. The fourth-order valence-electron chi connectivity index (χ4n) is 6.37. The number of ketones is 1. The second-order valence-corrected chi connectivity index (χ2v) is 11.1. The Balaban J connectivity index is 1.35. The van der Waals surface area contributed by atoms with Crippen LogP contribution >= 0.6 is 0 Å². The summed E-state index contributed by atoms with van der Waals surface area (Å²) >= 11 is 0. The molecule has 0 amide bonds. The summed E-state index contributed by atoms with van der Waals surface area (Å²) in [6, 6.07) is 28.8. The van der Waals surface area contributed by atoms with E-state index < -0.39 is 0 Å². The van der Waals surface area contributed by atoms with E-state index in [4.69, 9.17) is 0 Å². The Labute approximate surface area is 227 Å². The van der Waals surface area contributed by atoms with Crippen LogP contribution in [0.15, 0.2) is 109 Å². The van der Waals surface area contributed by atoms with Crippen LogP contribution in [-0.4, -0.2) is 27.7 Å². The normalized spacial score (nSPS) is 17.4. The van der Waals surface area contributed by atoms with Gasteiger partial charge >= 0.3 is 0 Å². The number of aromatic nitrogens is 1. The topological polar surface area (TPSA) is 48.1 Å². The summed E-state index contributed by atoms with van der Waals surface area (Å²) in [5, 5.41) is 16.9. The monoisotopic (exact) mass is 508 g/mol. The Morgan fingerprint density at radius 1 is 0.872 bits per heavy atom. The van der Waals surface area contributed by atoms with Crippen molar-refractivity contribution in [3.8, 4) is 5.69 Å². The average molecular weight is 509 g/mol. The maximum absolute atomic E-state index is 13.6. The van der Waals surface area contributed by atoms with Gasteiger partial charge in [0.1, 0.15) is 7.05 Å². The number of carbonyl (C=O) groups excluding carboxylic acids is 1. The van der Waals surface area contributed by atoms with Crippen molar-refractivity contribution in [2.24, 2.45) is 0 Å². The van der Waals surface area contributed by atoms with Crippen molar-refractivity contribution in [1.29, 1.82) is 0 Å². The van der Waals surface area contributed by atoms with E-state index in [0.29, 0.717) is 5.56 Å². The van der Waals surface area contributed by atoms with E-state index in [1.54, 1.807) is 0 Å². The van der Waals surface area contributed by atoms with Gasteiger partial charge in [-0.25, -0.2) is 0 Å². The molecule has 2 aliphatic rings. The van der Waals surface area contributed by atoms with Crippen molar-refractivity contribution in [1.82, 2.24) is 4.57 Å². The van der Waals surface area contributed by atoms with Gasteiger partial charge in [0.15, 0.2) is 11.5 Å². The van der Waals surface area contributed by atoms with Gasteiger partial charge in [0, 0.05) is 51.7 Å². The van der Waals surface area contributed by atoms with E-state index in [1.807, 2.05) is 49.7 Å². The van der Waals surface area contributed by atoms with E-state index in [0.717, 1.165) is 28.0 Å². The smallest absolute Gasteiger partial charge is 0.210 e. The summed E-state index contributed by atoms with van der Waals surface area (Å²) in [6.07, 6.45) is 3.75. The predicted octanol–water partition coefficient (Wildman–Crippen LogP) is 6.38. The largest absolute Gasteiger partial charge is 0.871 e. The predicted molar refractivity (Wildman–Crippen MR) is 156 cm³/mol. The third-order valence-electron chi connectivity index (χ3n) is 8.41. The molecule has 1 aliphatic carbocycles. The van der Waals surface area contributed by atoms with E-state index in [-0.39, 0.29) is 28.1 Å². The summed E-state index contributed by atoms with van der Waals surface area (Å²) in [7, 11) is 2.02. The van der Waals surface area contributed by atoms with Crippen molar-refractivity contribution in [2.45, 2.75) is 26.2 Å². The highest BCUT2D eigenvalue weighted by Gasteiger charge is 2.45. The number of carbonyl (C=O) groups is 1. The first-order valence-electron chi connectivity index (χ1n) is 13.3. The molecule has 2 heterocycles. The van der Waals surface area contributed by atoms with Gasteiger partial charge in [-0.15, -0.1) is 0 Å². The van der Waals surface area contributed by atoms with Gasteiger partial charge in [0.25, 0.3) is 0 Å². The number of benzene rings is 4.